The molecule has 2 aliphatic heterocycles. The van der Waals surface area contributed by atoms with Crippen molar-refractivity contribution in [1.82, 2.24) is 4.90 Å². The predicted octanol–water partition coefficient (Wildman–Crippen LogP) is 10.0. The first-order valence-electron chi connectivity index (χ1n) is 16.6. The molecular formula is C41H34F4INO6. The van der Waals surface area contributed by atoms with E-state index >= 15 is 17.6 Å². The minimum Gasteiger partial charge on any atom is -0.456 e. The van der Waals surface area contributed by atoms with Crippen molar-refractivity contribution >= 4 is 37.1 Å². The number of methoxy groups -OCH3 is 1. The monoisotopic (exact) mass is 839 g/mol. The normalized spacial score (nSPS) is 14.7. The minimum atomic E-state index is -4.82. The number of ether oxygens (including phenoxy) is 2. The van der Waals surface area contributed by atoms with Crippen molar-refractivity contribution in [3.8, 4) is 33.9 Å². The topological polar surface area (TPSA) is 78.2 Å². The SMILES string of the molecule is COc1ccc2c(-c3ccccc3C(=O)N(C)CCc3ccc(OC(F)(F)C(F)(F)I4OC(C)(C)c5ccccc54)cc3)c3ccc(=O)cc-3oc2c1. The Morgan fingerprint density at radius 3 is 2.30 bits per heavy atom. The van der Waals surface area contributed by atoms with Gasteiger partial charge in [-0.1, -0.05) is 18.2 Å². The zero-order valence-corrected chi connectivity index (χ0v) is 31.3. The third kappa shape index (κ3) is 6.74. The summed E-state index contributed by atoms with van der Waals surface area (Å²) in [5.74, 6) is 0.231. The quantitative estimate of drug-likeness (QED) is 0.0592. The average Bonchev–Trinajstić information content (AvgIpc) is 3.43. The fourth-order valence-corrected chi connectivity index (χ4v) is 11.5. The first kappa shape index (κ1) is 36.4. The van der Waals surface area contributed by atoms with E-state index < -0.39 is 41.6 Å². The van der Waals surface area contributed by atoms with Crippen LogP contribution in [0.4, 0.5) is 17.6 Å². The molecule has 0 bridgehead atoms. The van der Waals surface area contributed by atoms with E-state index in [0.29, 0.717) is 51.3 Å². The summed E-state index contributed by atoms with van der Waals surface area (Å²) < 4.78 is 78.7. The number of fused-ring (bicyclic) bond motifs is 3. The smallest absolute Gasteiger partial charge is 0.182 e. The molecule has 12 heteroatoms. The molecule has 0 atom stereocenters. The van der Waals surface area contributed by atoms with Crippen LogP contribution in [0.5, 0.6) is 11.5 Å². The van der Waals surface area contributed by atoms with Crippen molar-refractivity contribution in [1.29, 1.82) is 0 Å². The Bertz CT molecular complexity index is 2360. The maximum Gasteiger partial charge on any atom is 0.182 e. The van der Waals surface area contributed by atoms with Gasteiger partial charge in [0.2, 0.25) is 0 Å². The van der Waals surface area contributed by atoms with Crippen LogP contribution in [0.2, 0.25) is 0 Å². The van der Waals surface area contributed by atoms with E-state index in [9.17, 15) is 9.59 Å². The van der Waals surface area contributed by atoms with Crippen LogP contribution in [0.1, 0.15) is 35.3 Å². The van der Waals surface area contributed by atoms with E-state index in [1.54, 1.807) is 75.4 Å². The Hall–Kier alpha value is -4.95. The van der Waals surface area contributed by atoms with Gasteiger partial charge in [0, 0.05) is 28.6 Å². The molecule has 7 nitrogen and oxygen atoms in total. The van der Waals surface area contributed by atoms with E-state index in [-0.39, 0.29) is 21.5 Å². The number of likely N-dealkylation sites (N-methyl/N-ethyl adjacent to an activating group) is 1. The van der Waals surface area contributed by atoms with Crippen LogP contribution in [0.25, 0.3) is 33.4 Å². The number of hydrogen-bond acceptors (Lipinski definition) is 6. The minimum absolute atomic E-state index is 0.145. The molecule has 0 fully saturated rings. The molecule has 0 saturated heterocycles. The Morgan fingerprint density at radius 2 is 1.55 bits per heavy atom. The van der Waals surface area contributed by atoms with Gasteiger partial charge >= 0.3 is 185 Å². The van der Waals surface area contributed by atoms with Gasteiger partial charge in [-0.05, 0) is 35.9 Å². The van der Waals surface area contributed by atoms with Crippen molar-refractivity contribution in [2.45, 2.75) is 35.9 Å². The summed E-state index contributed by atoms with van der Waals surface area (Å²) in [5, 5.41) is 0.720. The summed E-state index contributed by atoms with van der Waals surface area (Å²) in [6, 6.07) is 28.7. The van der Waals surface area contributed by atoms with Gasteiger partial charge in [-0.25, -0.2) is 0 Å². The van der Waals surface area contributed by atoms with Crippen molar-refractivity contribution in [2.75, 3.05) is 20.7 Å². The van der Waals surface area contributed by atoms with E-state index in [4.69, 9.17) is 12.2 Å². The summed E-state index contributed by atoms with van der Waals surface area (Å²) >= 11 is -4.20. The summed E-state index contributed by atoms with van der Waals surface area (Å²) in [6.45, 7) is 3.44. The Kier molecular flexibility index (Phi) is 9.48. The van der Waals surface area contributed by atoms with Crippen LogP contribution in [0, 0.1) is 3.57 Å². The number of halogens is 5. The van der Waals surface area contributed by atoms with Crippen LogP contribution < -0.4 is 14.9 Å². The zero-order valence-electron chi connectivity index (χ0n) is 29.1. The van der Waals surface area contributed by atoms with Crippen molar-refractivity contribution < 1.29 is 39.3 Å². The van der Waals surface area contributed by atoms with Crippen LogP contribution in [-0.4, -0.2) is 41.5 Å². The van der Waals surface area contributed by atoms with Crippen LogP contribution in [0.15, 0.2) is 118 Å². The van der Waals surface area contributed by atoms with E-state index in [2.05, 4.69) is 4.74 Å². The molecule has 0 saturated carbocycles. The predicted molar refractivity (Wildman–Crippen MR) is 202 cm³/mol. The zero-order chi connectivity index (χ0) is 37.7. The first-order chi connectivity index (χ1) is 25.2. The molecular weight excluding hydrogens is 805 g/mol. The number of nitrogens with zero attached hydrogens (tertiary/aromatic N) is 1. The molecule has 0 spiro atoms. The van der Waals surface area contributed by atoms with E-state index in [1.165, 1.54) is 48.5 Å². The van der Waals surface area contributed by atoms with Gasteiger partial charge in [0.1, 0.15) is 17.1 Å². The van der Waals surface area contributed by atoms with Gasteiger partial charge in [-0.2, -0.15) is 0 Å². The molecule has 0 radical (unpaired) electrons. The van der Waals surface area contributed by atoms with Crippen molar-refractivity contribution in [3.63, 3.8) is 0 Å². The van der Waals surface area contributed by atoms with Crippen LogP contribution in [0.3, 0.4) is 0 Å². The molecule has 0 unspecified atom stereocenters. The number of carbonyl (C=O) groups excluding carboxylic acids is 1. The standard InChI is InChI=1S/C41H34F4INO6/c1-39(2)33-11-7-8-12-34(33)46(53-39)40(42,43)41(44,45)52-27-16-13-25(14-17-27)21-22-47(3)38(49)30-10-6-5-9-29(30)37-31-19-15-26(48)23-35(31)51-36-24-28(50-4)18-20-32(36)37/h5-20,23-24H,21-22H2,1-4H3. The maximum atomic E-state index is 15.5. The summed E-state index contributed by atoms with van der Waals surface area (Å²) in [4.78, 5) is 27.8. The molecule has 53 heavy (non-hydrogen) atoms. The molecule has 4 aromatic carbocycles. The van der Waals surface area contributed by atoms with Gasteiger partial charge in [0.15, 0.2) is 5.43 Å². The second-order valence-electron chi connectivity index (χ2n) is 13.1. The molecule has 2 heterocycles. The van der Waals surface area contributed by atoms with Crippen molar-refractivity contribution in [2.24, 2.45) is 0 Å². The molecule has 1 aliphatic carbocycles. The van der Waals surface area contributed by atoms with Gasteiger partial charge < -0.3 is 9.15 Å². The number of rotatable bonds is 10. The number of carbonyl (C=O) groups is 1. The molecule has 1 amide bonds. The number of hydrogen-bond donors (Lipinski definition) is 0. The number of benzene rings is 5. The van der Waals surface area contributed by atoms with Crippen LogP contribution in [-0.2, 0) is 15.1 Å². The average molecular weight is 840 g/mol. The Labute approximate surface area is 310 Å². The first-order valence-corrected chi connectivity index (χ1v) is 19.7. The third-order valence-electron chi connectivity index (χ3n) is 9.10. The molecule has 0 aromatic heterocycles. The summed E-state index contributed by atoms with van der Waals surface area (Å²) in [6.07, 6.45) is -4.48. The molecule has 0 N–H and O–H groups in total. The van der Waals surface area contributed by atoms with E-state index in [1.807, 2.05) is 18.2 Å². The van der Waals surface area contributed by atoms with Gasteiger partial charge in [0.05, 0.1) is 7.11 Å². The largest absolute Gasteiger partial charge is 0.456 e. The van der Waals surface area contributed by atoms with Gasteiger partial charge in [0.25, 0.3) is 0 Å². The fraction of sp³-hybridized carbons (Fsp3) is 0.220. The molecule has 7 rings (SSSR count). The maximum absolute atomic E-state index is 15.5. The summed E-state index contributed by atoms with van der Waals surface area (Å²) in [5.41, 5.74) is 2.72. The van der Waals surface area contributed by atoms with E-state index in [0.717, 1.165) is 10.9 Å². The number of amides is 1. The van der Waals surface area contributed by atoms with Crippen LogP contribution >= 0.6 is 20.2 Å². The van der Waals surface area contributed by atoms with Gasteiger partial charge in [-0.3, -0.25) is 4.79 Å². The van der Waals surface area contributed by atoms with Gasteiger partial charge in [-0.15, -0.1) is 0 Å². The third-order valence-corrected chi connectivity index (χ3v) is 14.5. The van der Waals surface area contributed by atoms with Crippen molar-refractivity contribution in [3.05, 3.63) is 140 Å². The second kappa shape index (κ2) is 13.8. The Balaban J connectivity index is 1.08. The molecule has 4 aromatic rings. The molecule has 3 aliphatic rings. The summed E-state index contributed by atoms with van der Waals surface area (Å²) in [7, 11) is 3.19. The second-order valence-corrected chi connectivity index (χ2v) is 17.5. The number of alkyl halides is 5. The Morgan fingerprint density at radius 1 is 0.849 bits per heavy atom. The fourth-order valence-electron chi connectivity index (χ4n) is 6.34. The molecule has 274 valence electrons.